The maximum absolute atomic E-state index is 12.1. The van der Waals surface area contributed by atoms with Crippen LogP contribution in [0.5, 0.6) is 5.75 Å². The van der Waals surface area contributed by atoms with Gasteiger partial charge in [0.05, 0.1) is 7.11 Å². The van der Waals surface area contributed by atoms with Crippen LogP contribution >= 0.6 is 12.2 Å². The number of hydrogen-bond acceptors (Lipinski definition) is 3. The van der Waals surface area contributed by atoms with E-state index in [1.54, 1.807) is 18.1 Å². The Kier molecular flexibility index (Phi) is 4.16. The molecule has 4 nitrogen and oxygen atoms in total. The third-order valence-electron chi connectivity index (χ3n) is 2.81. The minimum Gasteiger partial charge on any atom is -0.497 e. The minimum atomic E-state index is -0.0744. The summed E-state index contributed by atoms with van der Waals surface area (Å²) in [6.45, 7) is 2.65. The molecule has 2 rings (SSSR count). The number of methoxy groups -OCH3 is 1. The Morgan fingerprint density at radius 1 is 1.47 bits per heavy atom. The fraction of sp³-hybridized carbons (Fsp3) is 0.286. The van der Waals surface area contributed by atoms with Gasteiger partial charge in [-0.15, -0.1) is 0 Å². The summed E-state index contributed by atoms with van der Waals surface area (Å²) >= 11 is 5.15. The molecule has 1 aliphatic heterocycles. The lowest BCUT2D eigenvalue weighted by atomic mass is 10.2. The molecule has 0 saturated carbocycles. The van der Waals surface area contributed by atoms with Gasteiger partial charge in [-0.1, -0.05) is 19.1 Å². The van der Waals surface area contributed by atoms with Crippen LogP contribution in [0.25, 0.3) is 6.08 Å². The average Bonchev–Trinajstić information content (AvgIpc) is 2.67. The Labute approximate surface area is 118 Å². The van der Waals surface area contributed by atoms with Gasteiger partial charge in [0.2, 0.25) is 0 Å². The summed E-state index contributed by atoms with van der Waals surface area (Å²) in [6.07, 6.45) is 2.66. The second-order valence-electron chi connectivity index (χ2n) is 4.22. The summed E-state index contributed by atoms with van der Waals surface area (Å²) in [5, 5.41) is 3.43. The molecule has 0 radical (unpaired) electrons. The summed E-state index contributed by atoms with van der Waals surface area (Å²) in [5.74, 6) is 0.683. The van der Waals surface area contributed by atoms with Gasteiger partial charge in [0.1, 0.15) is 11.4 Å². The lowest BCUT2D eigenvalue weighted by molar-refractivity contribution is -0.122. The van der Waals surface area contributed by atoms with E-state index in [1.807, 2.05) is 31.2 Å². The quantitative estimate of drug-likeness (QED) is 0.676. The van der Waals surface area contributed by atoms with Crippen LogP contribution in [0.1, 0.15) is 18.9 Å². The van der Waals surface area contributed by atoms with E-state index in [0.717, 1.165) is 17.7 Å². The van der Waals surface area contributed by atoms with Crippen molar-refractivity contribution in [1.29, 1.82) is 0 Å². The topological polar surface area (TPSA) is 41.6 Å². The van der Waals surface area contributed by atoms with Crippen molar-refractivity contribution in [3.05, 3.63) is 35.5 Å². The fourth-order valence-electron chi connectivity index (χ4n) is 1.90. The third-order valence-corrected chi connectivity index (χ3v) is 3.14. The second kappa shape index (κ2) is 5.84. The first kappa shape index (κ1) is 13.5. The third kappa shape index (κ3) is 2.93. The highest BCUT2D eigenvalue weighted by atomic mass is 32.1. The van der Waals surface area contributed by atoms with E-state index in [-0.39, 0.29) is 5.91 Å². The number of amides is 1. The lowest BCUT2D eigenvalue weighted by Crippen LogP contribution is -2.31. The lowest BCUT2D eigenvalue weighted by Gasteiger charge is -2.11. The number of nitrogens with zero attached hydrogens (tertiary/aromatic N) is 1. The minimum absolute atomic E-state index is 0.0744. The zero-order valence-corrected chi connectivity index (χ0v) is 11.8. The molecule has 0 aromatic heterocycles. The maximum Gasteiger partial charge on any atom is 0.276 e. The van der Waals surface area contributed by atoms with Crippen molar-refractivity contribution in [3.63, 3.8) is 0 Å². The normalized spacial score (nSPS) is 16.9. The van der Waals surface area contributed by atoms with Crippen LogP contribution in [-0.2, 0) is 4.79 Å². The van der Waals surface area contributed by atoms with Gasteiger partial charge in [0.25, 0.3) is 5.91 Å². The molecular formula is C14H16N2O2S. The van der Waals surface area contributed by atoms with Gasteiger partial charge in [-0.3, -0.25) is 9.69 Å². The van der Waals surface area contributed by atoms with Crippen LogP contribution in [0.4, 0.5) is 0 Å². The van der Waals surface area contributed by atoms with Crippen LogP contribution in [0, 0.1) is 0 Å². The zero-order valence-electron chi connectivity index (χ0n) is 11.0. The molecular weight excluding hydrogens is 260 g/mol. The molecule has 100 valence electrons. The molecule has 1 heterocycles. The molecule has 1 aromatic rings. The molecule has 0 bridgehead atoms. The number of rotatable bonds is 4. The van der Waals surface area contributed by atoms with Crippen molar-refractivity contribution in [3.8, 4) is 5.75 Å². The molecule has 1 amide bonds. The predicted molar refractivity (Wildman–Crippen MR) is 78.7 cm³/mol. The highest BCUT2D eigenvalue weighted by Gasteiger charge is 2.29. The molecule has 1 N–H and O–H groups in total. The number of hydrogen-bond donors (Lipinski definition) is 1. The van der Waals surface area contributed by atoms with E-state index < -0.39 is 0 Å². The molecule has 1 saturated heterocycles. The number of carbonyl (C=O) groups is 1. The van der Waals surface area contributed by atoms with E-state index in [1.165, 1.54) is 0 Å². The van der Waals surface area contributed by atoms with Crippen molar-refractivity contribution < 1.29 is 9.53 Å². The number of nitrogens with one attached hydrogen (secondary N) is 1. The first-order chi connectivity index (χ1) is 9.15. The molecule has 1 fully saturated rings. The fourth-order valence-corrected chi connectivity index (χ4v) is 2.18. The van der Waals surface area contributed by atoms with Crippen LogP contribution in [0.3, 0.4) is 0 Å². The first-order valence-corrected chi connectivity index (χ1v) is 6.55. The van der Waals surface area contributed by atoms with E-state index in [0.29, 0.717) is 17.4 Å². The maximum atomic E-state index is 12.1. The molecule has 5 heteroatoms. The largest absolute Gasteiger partial charge is 0.497 e. The van der Waals surface area contributed by atoms with Crippen molar-refractivity contribution in [2.24, 2.45) is 0 Å². The molecule has 19 heavy (non-hydrogen) atoms. The first-order valence-electron chi connectivity index (χ1n) is 6.14. The summed E-state index contributed by atoms with van der Waals surface area (Å²) < 4.78 is 5.16. The number of carbonyl (C=O) groups excluding carboxylic acids is 1. The monoisotopic (exact) mass is 276 g/mol. The molecule has 1 aliphatic rings. The van der Waals surface area contributed by atoms with Crippen LogP contribution in [0.15, 0.2) is 30.0 Å². The second-order valence-corrected chi connectivity index (χ2v) is 4.61. The van der Waals surface area contributed by atoms with Crippen molar-refractivity contribution >= 4 is 29.3 Å². The van der Waals surface area contributed by atoms with E-state index >= 15 is 0 Å². The van der Waals surface area contributed by atoms with Crippen molar-refractivity contribution in [2.75, 3.05) is 13.7 Å². The summed E-state index contributed by atoms with van der Waals surface area (Å²) in [7, 11) is 1.61. The van der Waals surface area contributed by atoms with Gasteiger partial charge in [0.15, 0.2) is 5.11 Å². The summed E-state index contributed by atoms with van der Waals surface area (Å²) in [5.41, 5.74) is 1.41. The van der Waals surface area contributed by atoms with E-state index in [2.05, 4.69) is 5.32 Å². The summed E-state index contributed by atoms with van der Waals surface area (Å²) in [6, 6.07) is 7.52. The van der Waals surface area contributed by atoms with Crippen molar-refractivity contribution in [1.82, 2.24) is 10.2 Å². The predicted octanol–water partition coefficient (Wildman–Crippen LogP) is 2.16. The molecule has 0 spiro atoms. The van der Waals surface area contributed by atoms with Gasteiger partial charge in [0, 0.05) is 6.54 Å². The Morgan fingerprint density at radius 3 is 2.95 bits per heavy atom. The number of ether oxygens (including phenoxy) is 1. The Balaban J connectivity index is 2.24. The van der Waals surface area contributed by atoms with Crippen LogP contribution in [-0.4, -0.2) is 29.6 Å². The highest BCUT2D eigenvalue weighted by Crippen LogP contribution is 2.18. The SMILES string of the molecule is CCCN1C(=O)/C(=C\c2cccc(OC)c2)NC1=S. The van der Waals surface area contributed by atoms with Crippen LogP contribution in [0.2, 0.25) is 0 Å². The number of thiocarbonyl (C=S) groups is 1. The highest BCUT2D eigenvalue weighted by molar-refractivity contribution is 7.80. The molecule has 1 aromatic carbocycles. The van der Waals surface area contributed by atoms with E-state index in [9.17, 15) is 4.79 Å². The van der Waals surface area contributed by atoms with Gasteiger partial charge in [-0.25, -0.2) is 0 Å². The van der Waals surface area contributed by atoms with Crippen molar-refractivity contribution in [2.45, 2.75) is 13.3 Å². The number of benzene rings is 1. The molecule has 0 aliphatic carbocycles. The summed E-state index contributed by atoms with van der Waals surface area (Å²) in [4.78, 5) is 13.7. The standard InChI is InChI=1S/C14H16N2O2S/c1-3-7-16-13(17)12(15-14(16)19)9-10-5-4-6-11(8-10)18-2/h4-6,8-9H,3,7H2,1-2H3,(H,15,19)/b12-9+. The van der Waals surface area contributed by atoms with Gasteiger partial charge in [-0.05, 0) is 42.4 Å². The molecule has 0 unspecified atom stereocenters. The van der Waals surface area contributed by atoms with Gasteiger partial charge < -0.3 is 10.1 Å². The van der Waals surface area contributed by atoms with Gasteiger partial charge in [-0.2, -0.15) is 0 Å². The zero-order chi connectivity index (χ0) is 13.8. The Morgan fingerprint density at radius 2 is 2.26 bits per heavy atom. The smallest absolute Gasteiger partial charge is 0.276 e. The molecule has 0 atom stereocenters. The van der Waals surface area contributed by atoms with E-state index in [4.69, 9.17) is 17.0 Å². The van der Waals surface area contributed by atoms with Gasteiger partial charge >= 0.3 is 0 Å². The average molecular weight is 276 g/mol. The Bertz CT molecular complexity index is 540. The van der Waals surface area contributed by atoms with Crippen LogP contribution < -0.4 is 10.1 Å². The Hall–Kier alpha value is -1.88.